The summed E-state index contributed by atoms with van der Waals surface area (Å²) >= 11 is 0. The third kappa shape index (κ3) is 8.06. The number of hydrogen-bond acceptors (Lipinski definition) is 7. The molecule has 4 aromatic carbocycles. The van der Waals surface area contributed by atoms with Crippen molar-refractivity contribution in [3.63, 3.8) is 0 Å². The molecule has 4 aromatic rings. The van der Waals surface area contributed by atoms with E-state index in [2.05, 4.69) is 16.5 Å². The van der Waals surface area contributed by atoms with E-state index in [4.69, 9.17) is 9.47 Å². The number of rotatable bonds is 12. The summed E-state index contributed by atoms with van der Waals surface area (Å²) in [4.78, 5) is 2.34. The van der Waals surface area contributed by atoms with Gasteiger partial charge in [-0.3, -0.25) is 4.90 Å². The number of sulfonamides is 1. The summed E-state index contributed by atoms with van der Waals surface area (Å²) in [6.07, 6.45) is -1.82. The molecule has 0 aromatic heterocycles. The normalized spacial score (nSPS) is 21.8. The van der Waals surface area contributed by atoms with E-state index in [9.17, 15) is 18.6 Å². The molecule has 8 nitrogen and oxygen atoms in total. The predicted molar refractivity (Wildman–Crippen MR) is 173 cm³/mol. The number of aliphatic hydroxyl groups excluding tert-OH is 2. The summed E-state index contributed by atoms with van der Waals surface area (Å²) in [5.41, 5.74) is 4.30. The van der Waals surface area contributed by atoms with Gasteiger partial charge in [-0.1, -0.05) is 104 Å². The van der Waals surface area contributed by atoms with Crippen LogP contribution in [0.25, 0.3) is 0 Å². The van der Waals surface area contributed by atoms with Crippen molar-refractivity contribution in [1.29, 1.82) is 0 Å². The Bertz CT molecular complexity index is 1600. The third-order valence-corrected chi connectivity index (χ3v) is 10.1. The zero-order chi connectivity index (χ0) is 32.0. The number of hydrogen-bond donors (Lipinski definition) is 3. The minimum Gasteiger partial charge on any atom is -0.392 e. The molecule has 0 bridgehead atoms. The Hall–Kier alpha value is -3.41. The highest BCUT2D eigenvalue weighted by Crippen LogP contribution is 2.42. The van der Waals surface area contributed by atoms with Gasteiger partial charge >= 0.3 is 0 Å². The van der Waals surface area contributed by atoms with E-state index in [1.165, 1.54) is 0 Å². The average molecular weight is 631 g/mol. The molecule has 1 aliphatic rings. The molecule has 0 spiro atoms. The van der Waals surface area contributed by atoms with E-state index in [1.54, 1.807) is 30.3 Å². The molecule has 5 rings (SSSR count). The van der Waals surface area contributed by atoms with Crippen LogP contribution in [-0.4, -0.2) is 49.3 Å². The summed E-state index contributed by atoms with van der Waals surface area (Å²) in [5.74, 6) is -0.0172. The van der Waals surface area contributed by atoms with Gasteiger partial charge in [0.25, 0.3) is 0 Å². The second-order valence-electron chi connectivity index (χ2n) is 11.7. The van der Waals surface area contributed by atoms with Crippen molar-refractivity contribution in [3.05, 3.63) is 137 Å². The highest BCUT2D eigenvalue weighted by Gasteiger charge is 2.39. The minimum atomic E-state index is -3.63. The largest absolute Gasteiger partial charge is 0.392 e. The lowest BCUT2D eigenvalue weighted by atomic mass is 9.89. The van der Waals surface area contributed by atoms with Crippen molar-refractivity contribution in [2.45, 2.75) is 62.5 Å². The van der Waals surface area contributed by atoms with Gasteiger partial charge in [-0.05, 0) is 48.4 Å². The van der Waals surface area contributed by atoms with Gasteiger partial charge in [0.2, 0.25) is 10.0 Å². The zero-order valence-electron chi connectivity index (χ0n) is 25.9. The molecule has 0 unspecified atom stereocenters. The van der Waals surface area contributed by atoms with Crippen molar-refractivity contribution >= 4 is 10.0 Å². The number of nitrogens with one attached hydrogen (secondary N) is 1. The number of likely N-dealkylation sites (N-methyl/N-ethyl adjacent to an activating group) is 1. The Balaban J connectivity index is 1.33. The number of aliphatic hydroxyl groups is 2. The first-order valence-electron chi connectivity index (χ1n) is 15.2. The molecule has 45 heavy (non-hydrogen) atoms. The molecule has 0 aliphatic carbocycles. The Labute approximate surface area is 266 Å². The lowest BCUT2D eigenvalue weighted by Crippen LogP contribution is -2.46. The molecule has 1 fully saturated rings. The second-order valence-corrected chi connectivity index (χ2v) is 13.5. The first kappa shape index (κ1) is 33.0. The van der Waals surface area contributed by atoms with Crippen molar-refractivity contribution < 1.29 is 28.1 Å². The number of ether oxygens (including phenoxy) is 2. The van der Waals surface area contributed by atoms with Crippen LogP contribution >= 0.6 is 0 Å². The summed E-state index contributed by atoms with van der Waals surface area (Å²) in [6, 6.07) is 33.1. The van der Waals surface area contributed by atoms with Gasteiger partial charge in [-0.2, -0.15) is 0 Å². The van der Waals surface area contributed by atoms with E-state index < -0.39 is 22.4 Å². The molecule has 3 N–H and O–H groups in total. The SMILES string of the molecule is C[C@@H]1[C@H](CN(C)[C@@H](C)[C@H](O)c2ccccc2)O[C@H](c2ccc(CNS(=O)(=O)c3ccccc3)cc2)O[C@@H]1c1ccc(CO)cc1. The first-order chi connectivity index (χ1) is 21.7. The predicted octanol–water partition coefficient (Wildman–Crippen LogP) is 5.50. The van der Waals surface area contributed by atoms with E-state index in [0.717, 1.165) is 27.8 Å². The summed E-state index contributed by atoms with van der Waals surface area (Å²) in [5, 5.41) is 20.6. The van der Waals surface area contributed by atoms with Crippen LogP contribution in [0.2, 0.25) is 0 Å². The fourth-order valence-electron chi connectivity index (χ4n) is 5.60. The summed E-state index contributed by atoms with van der Waals surface area (Å²) < 4.78 is 41.2. The Morgan fingerprint density at radius 3 is 2.02 bits per heavy atom. The van der Waals surface area contributed by atoms with Crippen molar-refractivity contribution in [2.24, 2.45) is 5.92 Å². The van der Waals surface area contributed by atoms with E-state index in [0.29, 0.717) is 6.54 Å². The van der Waals surface area contributed by atoms with E-state index >= 15 is 0 Å². The van der Waals surface area contributed by atoms with Crippen LogP contribution in [0, 0.1) is 5.92 Å². The van der Waals surface area contributed by atoms with Gasteiger partial charge in [0, 0.05) is 30.6 Å². The molecule has 1 aliphatic heterocycles. The average Bonchev–Trinajstić information content (AvgIpc) is 3.08. The van der Waals surface area contributed by atoms with Crippen molar-refractivity contribution in [3.8, 4) is 0 Å². The minimum absolute atomic E-state index is 0.0172. The van der Waals surface area contributed by atoms with Gasteiger partial charge in [0.1, 0.15) is 0 Å². The number of nitrogens with zero attached hydrogens (tertiary/aromatic N) is 1. The van der Waals surface area contributed by atoms with Crippen LogP contribution in [0.15, 0.2) is 114 Å². The van der Waals surface area contributed by atoms with Gasteiger partial charge < -0.3 is 19.7 Å². The standard InChI is InChI=1S/C36H42N2O6S/c1-25-33(23-38(3)26(2)34(40)29-10-6-4-7-11-29)43-36(44-35(25)30-18-16-28(24-39)17-19-30)31-20-14-27(15-21-31)22-37-45(41,42)32-12-8-5-9-13-32/h4-21,25-26,33-37,39-40H,22-24H2,1-3H3/t25-,26+,33+,34+,35+,36+/m1/s1. The summed E-state index contributed by atoms with van der Waals surface area (Å²) in [6.45, 7) is 4.80. The lowest BCUT2D eigenvalue weighted by molar-refractivity contribution is -0.276. The van der Waals surface area contributed by atoms with Gasteiger partial charge in [0.15, 0.2) is 6.29 Å². The van der Waals surface area contributed by atoms with Crippen LogP contribution < -0.4 is 4.72 Å². The monoisotopic (exact) mass is 630 g/mol. The quantitative estimate of drug-likeness (QED) is 0.190. The second kappa shape index (κ2) is 14.8. The Morgan fingerprint density at radius 2 is 1.40 bits per heavy atom. The molecular formula is C36H42N2O6S. The molecule has 1 saturated heterocycles. The molecule has 0 radical (unpaired) electrons. The molecule has 1 heterocycles. The Morgan fingerprint density at radius 1 is 0.822 bits per heavy atom. The van der Waals surface area contributed by atoms with Crippen molar-refractivity contribution in [2.75, 3.05) is 13.6 Å². The van der Waals surface area contributed by atoms with Gasteiger partial charge in [-0.15, -0.1) is 0 Å². The highest BCUT2D eigenvalue weighted by atomic mass is 32.2. The zero-order valence-corrected chi connectivity index (χ0v) is 26.7. The van der Waals surface area contributed by atoms with E-state index in [1.807, 2.05) is 92.8 Å². The molecule has 238 valence electrons. The van der Waals surface area contributed by atoms with Gasteiger partial charge in [0.05, 0.1) is 29.8 Å². The number of benzene rings is 4. The molecule has 6 atom stereocenters. The van der Waals surface area contributed by atoms with Crippen LogP contribution in [-0.2, 0) is 32.6 Å². The lowest BCUT2D eigenvalue weighted by Gasteiger charge is -2.43. The van der Waals surface area contributed by atoms with Gasteiger partial charge in [-0.25, -0.2) is 13.1 Å². The topological polar surface area (TPSA) is 108 Å². The maximum Gasteiger partial charge on any atom is 0.240 e. The Kier molecular flexibility index (Phi) is 10.8. The smallest absolute Gasteiger partial charge is 0.240 e. The molecule has 0 saturated carbocycles. The van der Waals surface area contributed by atoms with Crippen molar-refractivity contribution in [1.82, 2.24) is 9.62 Å². The first-order valence-corrected chi connectivity index (χ1v) is 16.7. The third-order valence-electron chi connectivity index (χ3n) is 8.66. The summed E-state index contributed by atoms with van der Waals surface area (Å²) in [7, 11) is -1.63. The maximum atomic E-state index is 12.7. The van der Waals surface area contributed by atoms with Crippen LogP contribution in [0.1, 0.15) is 60.2 Å². The van der Waals surface area contributed by atoms with Crippen LogP contribution in [0.3, 0.4) is 0 Å². The fourth-order valence-corrected chi connectivity index (χ4v) is 6.64. The molecule has 9 heteroatoms. The van der Waals surface area contributed by atoms with Crippen LogP contribution in [0.4, 0.5) is 0 Å². The van der Waals surface area contributed by atoms with E-state index in [-0.39, 0.29) is 42.2 Å². The fraction of sp³-hybridized carbons (Fsp3) is 0.333. The molecule has 0 amide bonds. The van der Waals surface area contributed by atoms with Crippen LogP contribution in [0.5, 0.6) is 0 Å². The maximum absolute atomic E-state index is 12.7. The highest BCUT2D eigenvalue weighted by molar-refractivity contribution is 7.89. The molecular weight excluding hydrogens is 588 g/mol.